The van der Waals surface area contributed by atoms with Crippen molar-refractivity contribution in [3.63, 3.8) is 0 Å². The van der Waals surface area contributed by atoms with Gasteiger partial charge in [0.2, 0.25) is 0 Å². The fourth-order valence-corrected chi connectivity index (χ4v) is 5.34. The van der Waals surface area contributed by atoms with E-state index >= 15 is 0 Å². The summed E-state index contributed by atoms with van der Waals surface area (Å²) >= 11 is 1.61. The van der Waals surface area contributed by atoms with Gasteiger partial charge in [0.05, 0.1) is 22.1 Å². The number of imidazole rings is 1. The third kappa shape index (κ3) is 5.22. The second kappa shape index (κ2) is 10.3. The minimum atomic E-state index is 0.129. The normalized spacial score (nSPS) is 14.0. The number of fused-ring (bicyclic) bond motifs is 3. The van der Waals surface area contributed by atoms with E-state index in [1.807, 2.05) is 12.3 Å². The lowest BCUT2D eigenvalue weighted by Gasteiger charge is -2.17. The zero-order valence-electron chi connectivity index (χ0n) is 20.1. The van der Waals surface area contributed by atoms with Crippen molar-refractivity contribution in [2.45, 2.75) is 58.5 Å². The molecule has 0 spiro atoms. The number of thiazole rings is 1. The minimum absolute atomic E-state index is 0.129. The largest absolute Gasteiger partial charge is 0.310 e. The van der Waals surface area contributed by atoms with Crippen LogP contribution in [0.5, 0.6) is 0 Å². The van der Waals surface area contributed by atoms with E-state index in [0.29, 0.717) is 12.1 Å². The molecule has 3 heterocycles. The first-order valence-corrected chi connectivity index (χ1v) is 13.3. The molecular weight excluding hydrogens is 442 g/mol. The van der Waals surface area contributed by atoms with E-state index in [0.717, 1.165) is 71.5 Å². The summed E-state index contributed by atoms with van der Waals surface area (Å²) in [7, 11) is 0. The number of hydrogen-bond acceptors (Lipinski definition) is 6. The van der Waals surface area contributed by atoms with Crippen molar-refractivity contribution in [3.05, 3.63) is 54.0 Å². The van der Waals surface area contributed by atoms with Crippen LogP contribution < -0.4 is 5.32 Å². The van der Waals surface area contributed by atoms with Crippen LogP contribution in [0, 0.1) is 0 Å². The van der Waals surface area contributed by atoms with Crippen LogP contribution in [0.25, 0.3) is 26.4 Å². The smallest absolute Gasteiger partial charge is 0.195 e. The lowest BCUT2D eigenvalue weighted by atomic mass is 10.1. The first-order chi connectivity index (χ1) is 16.6. The van der Waals surface area contributed by atoms with E-state index in [1.54, 1.807) is 11.3 Å². The predicted molar refractivity (Wildman–Crippen MR) is 140 cm³/mol. The Morgan fingerprint density at radius 2 is 1.97 bits per heavy atom. The number of unbranched alkanes of at least 4 members (excludes halogenated alkanes) is 1. The topological polar surface area (TPSA) is 62.5 Å². The van der Waals surface area contributed by atoms with Gasteiger partial charge in [-0.15, -0.1) is 0 Å². The Kier molecular flexibility index (Phi) is 7.04. The van der Waals surface area contributed by atoms with E-state index < -0.39 is 0 Å². The number of nitrogens with zero attached hydrogens (tertiary/aromatic N) is 4. The predicted octanol–water partition coefficient (Wildman–Crippen LogP) is 5.56. The molecule has 6 nitrogen and oxygen atoms in total. The highest BCUT2D eigenvalue weighted by Gasteiger charge is 2.20. The number of nitrogens with one attached hydrogen (secondary N) is 1. The van der Waals surface area contributed by atoms with Gasteiger partial charge in [-0.3, -0.25) is 14.2 Å². The van der Waals surface area contributed by atoms with Crippen LogP contribution in [0.1, 0.15) is 62.0 Å². The highest BCUT2D eigenvalue weighted by Crippen LogP contribution is 2.30. The third-order valence-electron chi connectivity index (χ3n) is 6.71. The molecule has 0 saturated heterocycles. The molecule has 1 aliphatic rings. The summed E-state index contributed by atoms with van der Waals surface area (Å²) in [5.41, 5.74) is 4.95. The Hall–Kier alpha value is -2.61. The number of ketones is 1. The fraction of sp³-hybridized carbons (Fsp3) is 0.444. The SMILES string of the molecule is CCN(CC)CCCCC(=O)c1cc2sc3nc(-c4ccc(CNC5CC5)cc4)cn3c2cn1. The number of rotatable bonds is 12. The Balaban J connectivity index is 1.25. The van der Waals surface area contributed by atoms with Gasteiger partial charge in [-0.1, -0.05) is 49.4 Å². The number of carbonyl (C=O) groups is 1. The second-order valence-electron chi connectivity index (χ2n) is 9.18. The number of benzene rings is 1. The third-order valence-corrected chi connectivity index (χ3v) is 7.73. The maximum absolute atomic E-state index is 12.7. The van der Waals surface area contributed by atoms with Gasteiger partial charge < -0.3 is 10.2 Å². The molecule has 1 N–H and O–H groups in total. The summed E-state index contributed by atoms with van der Waals surface area (Å²) in [6.07, 6.45) is 9.00. The van der Waals surface area contributed by atoms with Crippen molar-refractivity contribution in [3.8, 4) is 11.3 Å². The lowest BCUT2D eigenvalue weighted by molar-refractivity contribution is 0.0973. The van der Waals surface area contributed by atoms with Gasteiger partial charge in [0, 0.05) is 30.8 Å². The highest BCUT2D eigenvalue weighted by atomic mass is 32.1. The Morgan fingerprint density at radius 1 is 1.18 bits per heavy atom. The molecule has 0 amide bonds. The van der Waals surface area contributed by atoms with Gasteiger partial charge in [-0.05, 0) is 56.9 Å². The maximum atomic E-state index is 12.7. The zero-order valence-corrected chi connectivity index (χ0v) is 20.9. The van der Waals surface area contributed by atoms with E-state index in [-0.39, 0.29) is 5.78 Å². The van der Waals surface area contributed by atoms with E-state index in [1.165, 1.54) is 18.4 Å². The molecule has 1 saturated carbocycles. The second-order valence-corrected chi connectivity index (χ2v) is 10.2. The molecule has 34 heavy (non-hydrogen) atoms. The molecule has 1 aromatic carbocycles. The van der Waals surface area contributed by atoms with Gasteiger partial charge in [-0.25, -0.2) is 4.98 Å². The van der Waals surface area contributed by atoms with E-state index in [4.69, 9.17) is 4.98 Å². The molecule has 178 valence electrons. The summed E-state index contributed by atoms with van der Waals surface area (Å²) in [5, 5.41) is 3.55. The number of carbonyl (C=O) groups excluding carboxylic acids is 1. The van der Waals surface area contributed by atoms with Gasteiger partial charge in [0.25, 0.3) is 0 Å². The van der Waals surface area contributed by atoms with Crippen LogP contribution in [0.3, 0.4) is 0 Å². The summed E-state index contributed by atoms with van der Waals surface area (Å²) in [6.45, 7) is 8.47. The Morgan fingerprint density at radius 3 is 2.71 bits per heavy atom. The van der Waals surface area contributed by atoms with Crippen LogP contribution in [0.15, 0.2) is 42.7 Å². The molecule has 0 aliphatic heterocycles. The van der Waals surface area contributed by atoms with Crippen molar-refractivity contribution in [2.24, 2.45) is 0 Å². The Bertz CT molecular complexity index is 1270. The highest BCUT2D eigenvalue weighted by molar-refractivity contribution is 7.23. The average molecular weight is 476 g/mol. The minimum Gasteiger partial charge on any atom is -0.310 e. The molecule has 3 aromatic heterocycles. The first-order valence-electron chi connectivity index (χ1n) is 12.5. The lowest BCUT2D eigenvalue weighted by Crippen LogP contribution is -2.24. The molecule has 0 bridgehead atoms. The molecule has 1 aliphatic carbocycles. The molecule has 0 atom stereocenters. The number of hydrogen-bond donors (Lipinski definition) is 1. The van der Waals surface area contributed by atoms with Crippen molar-refractivity contribution >= 4 is 32.3 Å². The average Bonchev–Trinajstić information content (AvgIpc) is 3.51. The first kappa shape index (κ1) is 23.1. The summed E-state index contributed by atoms with van der Waals surface area (Å²) in [4.78, 5) is 25.4. The quantitative estimate of drug-likeness (QED) is 0.215. The van der Waals surface area contributed by atoms with E-state index in [2.05, 4.69) is 63.9 Å². The van der Waals surface area contributed by atoms with Crippen LogP contribution in [0.4, 0.5) is 0 Å². The van der Waals surface area contributed by atoms with Crippen LogP contribution in [-0.4, -0.2) is 50.7 Å². The van der Waals surface area contributed by atoms with Gasteiger partial charge in [0.1, 0.15) is 5.69 Å². The molecular formula is C27H33N5OS. The molecule has 0 unspecified atom stereocenters. The Labute approximate surface area is 205 Å². The molecule has 1 fully saturated rings. The molecule has 7 heteroatoms. The summed E-state index contributed by atoms with van der Waals surface area (Å²) in [6, 6.07) is 11.3. The molecule has 0 radical (unpaired) electrons. The standard InChI is InChI=1S/C27H33N5OS/c1-3-31(4-2)14-6-5-7-25(33)22-15-26-24(17-29-22)32-18-23(30-27(32)34-26)20-10-8-19(9-11-20)16-28-21-12-13-21/h8-11,15,17-18,21,28H,3-7,12-14,16H2,1-2H3. The van der Waals surface area contributed by atoms with Crippen molar-refractivity contribution < 1.29 is 4.79 Å². The maximum Gasteiger partial charge on any atom is 0.195 e. The van der Waals surface area contributed by atoms with Gasteiger partial charge in [-0.2, -0.15) is 0 Å². The summed E-state index contributed by atoms with van der Waals surface area (Å²) in [5.74, 6) is 0.129. The molecule has 4 aromatic rings. The number of Topliss-reactive ketones (excluding diaryl/α,β-unsaturated/α-hetero) is 1. The van der Waals surface area contributed by atoms with Crippen LogP contribution in [0.2, 0.25) is 0 Å². The van der Waals surface area contributed by atoms with Crippen LogP contribution >= 0.6 is 11.3 Å². The number of aromatic nitrogens is 3. The van der Waals surface area contributed by atoms with Gasteiger partial charge >= 0.3 is 0 Å². The van der Waals surface area contributed by atoms with Crippen molar-refractivity contribution in [1.29, 1.82) is 0 Å². The zero-order chi connectivity index (χ0) is 23.5. The van der Waals surface area contributed by atoms with Crippen LogP contribution in [-0.2, 0) is 6.54 Å². The fourth-order valence-electron chi connectivity index (χ4n) is 4.32. The molecule has 5 rings (SSSR count). The van der Waals surface area contributed by atoms with Crippen molar-refractivity contribution in [2.75, 3.05) is 19.6 Å². The monoisotopic (exact) mass is 475 g/mol. The van der Waals surface area contributed by atoms with Crippen molar-refractivity contribution in [1.82, 2.24) is 24.6 Å². The van der Waals surface area contributed by atoms with Gasteiger partial charge in [0.15, 0.2) is 10.7 Å². The number of pyridine rings is 1. The van der Waals surface area contributed by atoms with E-state index in [9.17, 15) is 4.79 Å². The summed E-state index contributed by atoms with van der Waals surface area (Å²) < 4.78 is 3.14.